The van der Waals surface area contributed by atoms with Gasteiger partial charge in [0, 0.05) is 12.8 Å². The summed E-state index contributed by atoms with van der Waals surface area (Å²) in [6.07, 6.45) is -0.0960. The average molecular weight is 425 g/mol. The van der Waals surface area contributed by atoms with Crippen molar-refractivity contribution < 1.29 is 4.74 Å². The largest absolute Gasteiger partial charge is 0.375 e. The van der Waals surface area contributed by atoms with E-state index < -0.39 is 0 Å². The quantitative estimate of drug-likeness (QED) is 0.432. The molecule has 0 aromatic heterocycles. The first-order valence-corrected chi connectivity index (χ1v) is 7.32. The Morgan fingerprint density at radius 3 is 2.43 bits per heavy atom. The molecule has 124 valence electrons. The van der Waals surface area contributed by atoms with Gasteiger partial charge in [0.1, 0.15) is 6.10 Å². The number of nitrogens with one attached hydrogen (secondary N) is 1. The van der Waals surface area contributed by atoms with E-state index in [1.165, 1.54) is 11.1 Å². The average Bonchev–Trinajstić information content (AvgIpc) is 2.52. The van der Waals surface area contributed by atoms with Crippen LogP contribution in [-0.4, -0.2) is 19.6 Å². The smallest absolute Gasteiger partial charge is 0.193 e. The van der Waals surface area contributed by atoms with Crippen molar-refractivity contribution in [2.75, 3.05) is 19.0 Å². The Morgan fingerprint density at radius 2 is 1.83 bits per heavy atom. The van der Waals surface area contributed by atoms with Crippen molar-refractivity contribution in [1.29, 1.82) is 0 Å². The third kappa shape index (κ3) is 5.84. The maximum absolute atomic E-state index is 5.96. The number of halogens is 1. The zero-order chi connectivity index (χ0) is 15.9. The van der Waals surface area contributed by atoms with Crippen molar-refractivity contribution in [3.63, 3.8) is 0 Å². The van der Waals surface area contributed by atoms with Gasteiger partial charge in [-0.3, -0.25) is 4.99 Å². The summed E-state index contributed by atoms with van der Waals surface area (Å²) < 4.78 is 5.48. The first kappa shape index (κ1) is 19.4. The molecule has 5 heteroatoms. The van der Waals surface area contributed by atoms with Gasteiger partial charge in [-0.15, -0.1) is 24.0 Å². The summed E-state index contributed by atoms with van der Waals surface area (Å²) in [6.45, 7) is 4.63. The van der Waals surface area contributed by atoms with Gasteiger partial charge < -0.3 is 15.8 Å². The lowest BCUT2D eigenvalue weighted by Crippen LogP contribution is -2.24. The van der Waals surface area contributed by atoms with Gasteiger partial charge in [-0.05, 0) is 42.7 Å². The highest BCUT2D eigenvalue weighted by molar-refractivity contribution is 14.0. The van der Waals surface area contributed by atoms with Crippen molar-refractivity contribution in [3.05, 3.63) is 65.2 Å². The molecule has 0 fully saturated rings. The Morgan fingerprint density at radius 1 is 1.13 bits per heavy atom. The van der Waals surface area contributed by atoms with Crippen molar-refractivity contribution in [2.45, 2.75) is 20.0 Å². The SMILES string of the molecule is COC(CN=C(N)Nc1ccc(C)c(C)c1)c1ccccc1.I. The van der Waals surface area contributed by atoms with Crippen LogP contribution in [0.5, 0.6) is 0 Å². The van der Waals surface area contributed by atoms with Gasteiger partial charge in [0.15, 0.2) is 5.96 Å². The normalized spacial score (nSPS) is 12.4. The predicted octanol–water partition coefficient (Wildman–Crippen LogP) is 4.04. The van der Waals surface area contributed by atoms with Crippen LogP contribution in [0.4, 0.5) is 5.69 Å². The lowest BCUT2D eigenvalue weighted by molar-refractivity contribution is 0.111. The van der Waals surface area contributed by atoms with Crippen molar-refractivity contribution >= 4 is 35.6 Å². The first-order valence-electron chi connectivity index (χ1n) is 7.32. The molecule has 4 nitrogen and oxygen atoms in total. The second-order valence-corrected chi connectivity index (χ2v) is 5.28. The lowest BCUT2D eigenvalue weighted by atomic mass is 10.1. The summed E-state index contributed by atoms with van der Waals surface area (Å²) in [4.78, 5) is 4.38. The molecule has 2 aromatic carbocycles. The summed E-state index contributed by atoms with van der Waals surface area (Å²) in [5, 5.41) is 3.11. The van der Waals surface area contributed by atoms with Crippen LogP contribution in [0.3, 0.4) is 0 Å². The highest BCUT2D eigenvalue weighted by Gasteiger charge is 2.09. The van der Waals surface area contributed by atoms with Gasteiger partial charge in [-0.2, -0.15) is 0 Å². The number of ether oxygens (including phenoxy) is 1. The first-order chi connectivity index (χ1) is 10.6. The van der Waals surface area contributed by atoms with Gasteiger partial charge in [0.2, 0.25) is 0 Å². The van der Waals surface area contributed by atoms with E-state index in [1.807, 2.05) is 36.4 Å². The number of rotatable bonds is 5. The lowest BCUT2D eigenvalue weighted by Gasteiger charge is -2.14. The highest BCUT2D eigenvalue weighted by Crippen LogP contribution is 2.17. The molecule has 0 bridgehead atoms. The van der Waals surface area contributed by atoms with Crippen LogP contribution in [-0.2, 0) is 4.74 Å². The molecule has 2 rings (SSSR count). The minimum absolute atomic E-state index is 0. The number of methoxy groups -OCH3 is 1. The molecule has 0 saturated carbocycles. The molecule has 2 aromatic rings. The molecule has 0 spiro atoms. The van der Waals surface area contributed by atoms with E-state index in [-0.39, 0.29) is 30.1 Å². The minimum atomic E-state index is -0.0960. The highest BCUT2D eigenvalue weighted by atomic mass is 127. The number of benzene rings is 2. The molecule has 0 aliphatic heterocycles. The van der Waals surface area contributed by atoms with Crippen LogP contribution in [0.1, 0.15) is 22.8 Å². The van der Waals surface area contributed by atoms with Gasteiger partial charge in [0.05, 0.1) is 6.54 Å². The van der Waals surface area contributed by atoms with E-state index in [1.54, 1.807) is 7.11 Å². The van der Waals surface area contributed by atoms with Crippen molar-refractivity contribution in [3.8, 4) is 0 Å². The van der Waals surface area contributed by atoms with Gasteiger partial charge in [0.25, 0.3) is 0 Å². The Kier molecular flexibility index (Phi) is 8.05. The van der Waals surface area contributed by atoms with Gasteiger partial charge in [-0.1, -0.05) is 36.4 Å². The van der Waals surface area contributed by atoms with E-state index in [2.05, 4.69) is 36.3 Å². The maximum Gasteiger partial charge on any atom is 0.193 e. The van der Waals surface area contributed by atoms with E-state index in [4.69, 9.17) is 10.5 Å². The van der Waals surface area contributed by atoms with Crippen LogP contribution in [0.2, 0.25) is 0 Å². The van der Waals surface area contributed by atoms with Crippen LogP contribution in [0.25, 0.3) is 0 Å². The number of hydrogen-bond donors (Lipinski definition) is 2. The Hall–Kier alpha value is -1.60. The standard InChI is InChI=1S/C18H23N3O.HI/c1-13-9-10-16(11-14(13)2)21-18(19)20-12-17(22-3)15-7-5-4-6-8-15;/h4-11,17H,12H2,1-3H3,(H3,19,20,21);1H. The second-order valence-electron chi connectivity index (χ2n) is 5.28. The zero-order valence-electron chi connectivity index (χ0n) is 13.7. The third-order valence-corrected chi connectivity index (χ3v) is 3.66. The Balaban J connectivity index is 0.00000264. The van der Waals surface area contributed by atoms with E-state index >= 15 is 0 Å². The van der Waals surface area contributed by atoms with E-state index in [9.17, 15) is 0 Å². The maximum atomic E-state index is 5.96. The van der Waals surface area contributed by atoms with Crippen LogP contribution in [0, 0.1) is 13.8 Å². The number of anilines is 1. The van der Waals surface area contributed by atoms with Crippen molar-refractivity contribution in [2.24, 2.45) is 10.7 Å². The van der Waals surface area contributed by atoms with Crippen LogP contribution in [0.15, 0.2) is 53.5 Å². The van der Waals surface area contributed by atoms with Gasteiger partial charge >= 0.3 is 0 Å². The summed E-state index contributed by atoms with van der Waals surface area (Å²) in [5.74, 6) is 0.390. The van der Waals surface area contributed by atoms with Crippen molar-refractivity contribution in [1.82, 2.24) is 0 Å². The van der Waals surface area contributed by atoms with E-state index in [0.717, 1.165) is 11.3 Å². The molecule has 0 amide bonds. The number of guanidine groups is 1. The summed E-state index contributed by atoms with van der Waals surface area (Å²) in [5.41, 5.74) is 10.5. The molecule has 0 aliphatic carbocycles. The molecule has 0 heterocycles. The molecular formula is C18H24IN3O. The number of nitrogens with two attached hydrogens (primary N) is 1. The fraction of sp³-hybridized carbons (Fsp3) is 0.278. The zero-order valence-corrected chi connectivity index (χ0v) is 16.1. The minimum Gasteiger partial charge on any atom is -0.375 e. The van der Waals surface area contributed by atoms with Crippen LogP contribution < -0.4 is 11.1 Å². The molecule has 1 atom stereocenters. The van der Waals surface area contributed by atoms with Gasteiger partial charge in [-0.25, -0.2) is 0 Å². The Labute approximate surface area is 155 Å². The van der Waals surface area contributed by atoms with E-state index in [0.29, 0.717) is 12.5 Å². The second kappa shape index (κ2) is 9.52. The fourth-order valence-corrected chi connectivity index (χ4v) is 2.17. The topological polar surface area (TPSA) is 59.6 Å². The predicted molar refractivity (Wildman–Crippen MR) is 108 cm³/mol. The molecular weight excluding hydrogens is 401 g/mol. The summed E-state index contributed by atoms with van der Waals surface area (Å²) >= 11 is 0. The molecule has 0 radical (unpaired) electrons. The fourth-order valence-electron chi connectivity index (χ4n) is 2.17. The number of hydrogen-bond acceptors (Lipinski definition) is 2. The molecule has 0 saturated heterocycles. The number of aliphatic imine (C=N–C) groups is 1. The number of nitrogens with zero attached hydrogens (tertiary/aromatic N) is 1. The summed E-state index contributed by atoms with van der Waals surface area (Å²) in [6, 6.07) is 16.1. The summed E-state index contributed by atoms with van der Waals surface area (Å²) in [7, 11) is 1.68. The molecule has 1 unspecified atom stereocenters. The van der Waals surface area contributed by atoms with Crippen LogP contribution >= 0.6 is 24.0 Å². The Bertz CT molecular complexity index is 644. The third-order valence-electron chi connectivity index (χ3n) is 3.66. The molecule has 0 aliphatic rings. The molecule has 23 heavy (non-hydrogen) atoms. The number of aryl methyl sites for hydroxylation is 2. The molecule has 3 N–H and O–H groups in total. The monoisotopic (exact) mass is 425 g/mol.